The average molecular weight is 491 g/mol. The van der Waals surface area contributed by atoms with Crippen molar-refractivity contribution in [3.63, 3.8) is 0 Å². The van der Waals surface area contributed by atoms with E-state index in [0.29, 0.717) is 53.4 Å². The van der Waals surface area contributed by atoms with Crippen LogP contribution in [0, 0.1) is 0 Å². The first-order chi connectivity index (χ1) is 16.2. The Morgan fingerprint density at radius 2 is 1.85 bits per heavy atom. The molecule has 34 heavy (non-hydrogen) atoms. The number of fused-ring (bicyclic) bond motifs is 1. The highest BCUT2D eigenvalue weighted by Crippen LogP contribution is 2.38. The van der Waals surface area contributed by atoms with E-state index in [-0.39, 0.29) is 36.8 Å². The van der Waals surface area contributed by atoms with Gasteiger partial charge in [-0.2, -0.15) is 0 Å². The number of rotatable bonds is 8. The van der Waals surface area contributed by atoms with Gasteiger partial charge in [-0.3, -0.25) is 19.2 Å². The molecule has 1 aromatic carbocycles. The highest BCUT2D eigenvalue weighted by molar-refractivity contribution is 6.32. The summed E-state index contributed by atoms with van der Waals surface area (Å²) in [5.74, 6) is -1.58. The van der Waals surface area contributed by atoms with Crippen molar-refractivity contribution in [2.45, 2.75) is 33.6 Å². The van der Waals surface area contributed by atoms with Gasteiger partial charge in [-0.1, -0.05) is 11.6 Å². The molecule has 1 fully saturated rings. The second kappa shape index (κ2) is 11.3. The number of nitrogens with one attached hydrogen (secondary N) is 1. The van der Waals surface area contributed by atoms with Crippen molar-refractivity contribution in [1.82, 2.24) is 4.90 Å². The molecular formula is C24H27ClN2O7. The molecule has 1 saturated heterocycles. The summed E-state index contributed by atoms with van der Waals surface area (Å²) in [7, 11) is 0. The molecule has 2 aromatic rings. The van der Waals surface area contributed by atoms with Crippen molar-refractivity contribution >= 4 is 57.4 Å². The molecule has 2 amide bonds. The SMILES string of the molecule is CCOC(=O)CCC(=O)Nc1c(C(C)=O)oc2c(/C(C)=C/C(=O)N3CCOCC3)cc(Cl)cc12. The van der Waals surface area contributed by atoms with Crippen LogP contribution in [0.15, 0.2) is 22.6 Å². The Morgan fingerprint density at radius 3 is 2.50 bits per heavy atom. The van der Waals surface area contributed by atoms with Crippen LogP contribution in [0.5, 0.6) is 0 Å². The Kier molecular flexibility index (Phi) is 8.46. The number of furan rings is 1. The van der Waals surface area contributed by atoms with E-state index in [4.69, 9.17) is 25.5 Å². The number of amides is 2. The molecule has 0 spiro atoms. The normalized spacial score (nSPS) is 14.2. The van der Waals surface area contributed by atoms with Gasteiger partial charge in [-0.15, -0.1) is 0 Å². The van der Waals surface area contributed by atoms with Crippen molar-refractivity contribution in [1.29, 1.82) is 0 Å². The quantitative estimate of drug-likeness (QED) is 0.339. The van der Waals surface area contributed by atoms with E-state index in [0.717, 1.165) is 0 Å². The molecule has 1 aliphatic heterocycles. The summed E-state index contributed by atoms with van der Waals surface area (Å²) < 4.78 is 16.0. The number of halogens is 1. The number of anilines is 1. The van der Waals surface area contributed by atoms with E-state index in [1.54, 1.807) is 30.9 Å². The van der Waals surface area contributed by atoms with Crippen LogP contribution in [0.2, 0.25) is 5.02 Å². The van der Waals surface area contributed by atoms with E-state index >= 15 is 0 Å². The third-order valence-electron chi connectivity index (χ3n) is 5.29. The van der Waals surface area contributed by atoms with Gasteiger partial charge in [-0.05, 0) is 31.6 Å². The van der Waals surface area contributed by atoms with E-state index < -0.39 is 17.7 Å². The van der Waals surface area contributed by atoms with Crippen molar-refractivity contribution in [2.24, 2.45) is 0 Å². The number of allylic oxidation sites excluding steroid dienone is 1. The first kappa shape index (κ1) is 25.5. The van der Waals surface area contributed by atoms with Crippen molar-refractivity contribution < 1.29 is 33.1 Å². The summed E-state index contributed by atoms with van der Waals surface area (Å²) >= 11 is 6.35. The van der Waals surface area contributed by atoms with Gasteiger partial charge >= 0.3 is 5.97 Å². The molecule has 182 valence electrons. The Bertz CT molecular complexity index is 1150. The minimum atomic E-state index is -0.488. The maximum absolute atomic E-state index is 12.7. The maximum Gasteiger partial charge on any atom is 0.306 e. The number of ketones is 1. The van der Waals surface area contributed by atoms with Crippen LogP contribution in [0.25, 0.3) is 16.5 Å². The van der Waals surface area contributed by atoms with Crippen molar-refractivity contribution in [2.75, 3.05) is 38.2 Å². The first-order valence-electron chi connectivity index (χ1n) is 11.0. The van der Waals surface area contributed by atoms with Gasteiger partial charge in [0.15, 0.2) is 11.5 Å². The highest BCUT2D eigenvalue weighted by Gasteiger charge is 2.24. The minimum absolute atomic E-state index is 0.0460. The summed E-state index contributed by atoms with van der Waals surface area (Å²) in [5.41, 5.74) is 1.61. The zero-order chi connectivity index (χ0) is 24.8. The summed E-state index contributed by atoms with van der Waals surface area (Å²) in [6.07, 6.45) is 1.27. The first-order valence-corrected chi connectivity index (χ1v) is 11.4. The molecule has 0 unspecified atom stereocenters. The van der Waals surface area contributed by atoms with Gasteiger partial charge in [-0.25, -0.2) is 0 Å². The van der Waals surface area contributed by atoms with E-state index in [1.165, 1.54) is 13.0 Å². The number of benzene rings is 1. The Morgan fingerprint density at radius 1 is 1.15 bits per heavy atom. The number of nitrogens with zero attached hydrogens (tertiary/aromatic N) is 1. The molecule has 0 aliphatic carbocycles. The van der Waals surface area contributed by atoms with E-state index in [1.807, 2.05) is 0 Å². The predicted molar refractivity (Wildman–Crippen MR) is 127 cm³/mol. The zero-order valence-corrected chi connectivity index (χ0v) is 20.1. The second-order valence-electron chi connectivity index (χ2n) is 7.81. The fraction of sp³-hybridized carbons (Fsp3) is 0.417. The van der Waals surface area contributed by atoms with Crippen LogP contribution >= 0.6 is 11.6 Å². The molecule has 1 N–H and O–H groups in total. The number of carbonyl (C=O) groups excluding carboxylic acids is 4. The number of ether oxygens (including phenoxy) is 2. The third kappa shape index (κ3) is 6.03. The van der Waals surface area contributed by atoms with Gasteiger partial charge in [0, 0.05) is 48.5 Å². The van der Waals surface area contributed by atoms with Gasteiger partial charge in [0.25, 0.3) is 0 Å². The monoisotopic (exact) mass is 490 g/mol. The molecule has 0 saturated carbocycles. The molecule has 0 bridgehead atoms. The van der Waals surface area contributed by atoms with Crippen LogP contribution in [0.3, 0.4) is 0 Å². The molecule has 10 heteroatoms. The standard InChI is InChI=1S/C24H27ClN2O7/c1-4-33-21(31)6-5-19(29)26-22-18-13-16(25)12-17(24(18)34-23(22)15(3)28)14(2)11-20(30)27-7-9-32-10-8-27/h11-13H,4-10H2,1-3H3,(H,26,29)/b14-11+. The summed E-state index contributed by atoms with van der Waals surface area (Å²) in [4.78, 5) is 50.7. The largest absolute Gasteiger partial charge is 0.466 e. The maximum atomic E-state index is 12.7. The highest BCUT2D eigenvalue weighted by atomic mass is 35.5. The fourth-order valence-corrected chi connectivity index (χ4v) is 3.84. The van der Waals surface area contributed by atoms with Crippen LogP contribution in [-0.4, -0.2) is 61.4 Å². The Balaban J connectivity index is 1.95. The Labute approximate surface area is 202 Å². The number of hydrogen-bond acceptors (Lipinski definition) is 7. The van der Waals surface area contributed by atoms with Gasteiger partial charge in [0.05, 0.1) is 31.9 Å². The molecular weight excluding hydrogens is 464 g/mol. The average Bonchev–Trinajstić information content (AvgIpc) is 3.16. The zero-order valence-electron chi connectivity index (χ0n) is 19.4. The van der Waals surface area contributed by atoms with Crippen LogP contribution in [-0.2, 0) is 23.9 Å². The van der Waals surface area contributed by atoms with Crippen LogP contribution in [0.4, 0.5) is 5.69 Å². The van der Waals surface area contributed by atoms with Crippen molar-refractivity contribution in [3.05, 3.63) is 34.6 Å². The van der Waals surface area contributed by atoms with Crippen molar-refractivity contribution in [3.8, 4) is 0 Å². The second-order valence-corrected chi connectivity index (χ2v) is 8.25. The molecule has 3 rings (SSSR count). The smallest absolute Gasteiger partial charge is 0.306 e. The van der Waals surface area contributed by atoms with E-state index in [2.05, 4.69) is 5.32 Å². The van der Waals surface area contributed by atoms with Crippen LogP contribution in [0.1, 0.15) is 49.7 Å². The van der Waals surface area contributed by atoms with Gasteiger partial charge in [0.1, 0.15) is 5.58 Å². The number of morpholine rings is 1. The lowest BCUT2D eigenvalue weighted by Gasteiger charge is -2.25. The van der Waals surface area contributed by atoms with Gasteiger partial charge in [0.2, 0.25) is 11.8 Å². The number of carbonyl (C=O) groups is 4. The molecule has 1 aromatic heterocycles. The fourth-order valence-electron chi connectivity index (χ4n) is 3.62. The lowest BCUT2D eigenvalue weighted by molar-refractivity contribution is -0.144. The summed E-state index contributed by atoms with van der Waals surface area (Å²) in [6.45, 7) is 6.95. The number of Topliss-reactive ketones (excluding diaryl/α,β-unsaturated/α-hetero) is 1. The minimum Gasteiger partial charge on any atom is -0.466 e. The molecule has 2 heterocycles. The number of hydrogen-bond donors (Lipinski definition) is 1. The lowest BCUT2D eigenvalue weighted by atomic mass is 10.0. The van der Waals surface area contributed by atoms with E-state index in [9.17, 15) is 19.2 Å². The third-order valence-corrected chi connectivity index (χ3v) is 5.51. The van der Waals surface area contributed by atoms with Gasteiger partial charge < -0.3 is 24.1 Å². The summed E-state index contributed by atoms with van der Waals surface area (Å²) in [5, 5.41) is 3.43. The molecule has 0 atom stereocenters. The number of esters is 1. The Hall–Kier alpha value is -3.17. The topological polar surface area (TPSA) is 115 Å². The molecule has 1 aliphatic rings. The lowest BCUT2D eigenvalue weighted by Crippen LogP contribution is -2.39. The predicted octanol–water partition coefficient (Wildman–Crippen LogP) is 3.83. The van der Waals surface area contributed by atoms with Crippen LogP contribution < -0.4 is 5.32 Å². The molecule has 0 radical (unpaired) electrons. The molecule has 9 nitrogen and oxygen atoms in total. The summed E-state index contributed by atoms with van der Waals surface area (Å²) in [6, 6.07) is 3.22.